The molecular formula is C35H46BrN. The zero-order valence-corrected chi connectivity index (χ0v) is 24.7. The van der Waals surface area contributed by atoms with E-state index in [9.17, 15) is 0 Å². The molecule has 0 unspecified atom stereocenters. The Labute approximate surface area is 234 Å². The Morgan fingerprint density at radius 3 is 1.92 bits per heavy atom. The summed E-state index contributed by atoms with van der Waals surface area (Å²) >= 11 is 3.72. The lowest BCUT2D eigenvalue weighted by Gasteiger charge is -2.35. The third kappa shape index (κ3) is 6.33. The van der Waals surface area contributed by atoms with Crippen LogP contribution in [0.2, 0.25) is 0 Å². The standard InChI is InChI=1S/C35H46BrN/c1-3-5-7-9-11-15-24-35(25-16-12-10-8-6-4-2)31-21-14-13-20-29(31)30-22-23-32(37)33(34(30)35)27-18-17-19-28(36)26-27/h13-14,17-23,26H,3-12,15-16,24-25,37H2,1-2H3. The molecule has 0 spiro atoms. The Hall–Kier alpha value is -2.06. The quantitative estimate of drug-likeness (QED) is 0.145. The molecule has 1 aliphatic carbocycles. The average Bonchev–Trinajstić information content (AvgIpc) is 3.18. The molecule has 0 bridgehead atoms. The van der Waals surface area contributed by atoms with Gasteiger partial charge in [0, 0.05) is 21.1 Å². The first-order valence-corrected chi connectivity index (χ1v) is 15.7. The molecule has 0 atom stereocenters. The number of anilines is 1. The van der Waals surface area contributed by atoms with Crippen LogP contribution in [0.15, 0.2) is 65.1 Å². The number of unbranched alkanes of at least 4 members (excludes halogenated alkanes) is 10. The fraction of sp³-hybridized carbons (Fsp3) is 0.486. The summed E-state index contributed by atoms with van der Waals surface area (Å²) in [5.74, 6) is 0. The molecule has 0 amide bonds. The van der Waals surface area contributed by atoms with E-state index in [0.29, 0.717) is 0 Å². The van der Waals surface area contributed by atoms with E-state index in [2.05, 4.69) is 90.4 Å². The van der Waals surface area contributed by atoms with Crippen molar-refractivity contribution in [1.29, 1.82) is 0 Å². The topological polar surface area (TPSA) is 26.0 Å². The van der Waals surface area contributed by atoms with Gasteiger partial charge >= 0.3 is 0 Å². The summed E-state index contributed by atoms with van der Waals surface area (Å²) in [5.41, 5.74) is 16.1. The van der Waals surface area contributed by atoms with Gasteiger partial charge in [-0.1, -0.05) is 149 Å². The summed E-state index contributed by atoms with van der Waals surface area (Å²) in [5, 5.41) is 0. The summed E-state index contributed by atoms with van der Waals surface area (Å²) < 4.78 is 1.11. The third-order valence-corrected chi connectivity index (χ3v) is 8.97. The predicted molar refractivity (Wildman–Crippen MR) is 166 cm³/mol. The van der Waals surface area contributed by atoms with E-state index >= 15 is 0 Å². The van der Waals surface area contributed by atoms with E-state index in [-0.39, 0.29) is 5.41 Å². The van der Waals surface area contributed by atoms with Gasteiger partial charge in [0.25, 0.3) is 0 Å². The zero-order chi connectivity index (χ0) is 26.1. The molecule has 0 heterocycles. The monoisotopic (exact) mass is 559 g/mol. The molecule has 2 N–H and O–H groups in total. The fourth-order valence-corrected chi connectivity index (χ4v) is 7.02. The lowest BCUT2D eigenvalue weighted by molar-refractivity contribution is 0.398. The van der Waals surface area contributed by atoms with Crippen molar-refractivity contribution in [3.63, 3.8) is 0 Å². The number of fused-ring (bicyclic) bond motifs is 3. The number of rotatable bonds is 15. The molecule has 198 valence electrons. The molecule has 0 aromatic heterocycles. The molecule has 0 saturated heterocycles. The van der Waals surface area contributed by atoms with Crippen molar-refractivity contribution < 1.29 is 0 Å². The Morgan fingerprint density at radius 1 is 0.649 bits per heavy atom. The van der Waals surface area contributed by atoms with E-state index < -0.39 is 0 Å². The highest BCUT2D eigenvalue weighted by Gasteiger charge is 2.44. The minimum atomic E-state index is 0.0362. The van der Waals surface area contributed by atoms with E-state index in [1.54, 1.807) is 0 Å². The van der Waals surface area contributed by atoms with Crippen molar-refractivity contribution in [1.82, 2.24) is 0 Å². The second-order valence-corrected chi connectivity index (χ2v) is 12.0. The van der Waals surface area contributed by atoms with Crippen LogP contribution in [0, 0.1) is 0 Å². The van der Waals surface area contributed by atoms with Gasteiger partial charge in [0.05, 0.1) is 0 Å². The highest BCUT2D eigenvalue weighted by molar-refractivity contribution is 9.10. The molecule has 2 heteroatoms. The minimum absolute atomic E-state index is 0.0362. The van der Waals surface area contributed by atoms with Crippen molar-refractivity contribution in [3.8, 4) is 22.3 Å². The van der Waals surface area contributed by atoms with Gasteiger partial charge in [-0.3, -0.25) is 0 Å². The van der Waals surface area contributed by atoms with Gasteiger partial charge in [0.15, 0.2) is 0 Å². The van der Waals surface area contributed by atoms with Crippen LogP contribution in [0.25, 0.3) is 22.3 Å². The molecule has 3 aromatic carbocycles. The summed E-state index contributed by atoms with van der Waals surface area (Å²) in [6, 6.07) is 22.4. The third-order valence-electron chi connectivity index (χ3n) is 8.48. The molecular weight excluding hydrogens is 514 g/mol. The molecule has 4 rings (SSSR count). The van der Waals surface area contributed by atoms with Crippen LogP contribution in [0.1, 0.15) is 115 Å². The predicted octanol–water partition coefficient (Wildman–Crippen LogP) is 11.5. The first kappa shape index (κ1) is 28.0. The minimum Gasteiger partial charge on any atom is -0.398 e. The van der Waals surface area contributed by atoms with Gasteiger partial charge in [-0.2, -0.15) is 0 Å². The Morgan fingerprint density at radius 2 is 1.27 bits per heavy atom. The summed E-state index contributed by atoms with van der Waals surface area (Å²) in [6.45, 7) is 4.60. The smallest absolute Gasteiger partial charge is 0.0397 e. The zero-order valence-electron chi connectivity index (χ0n) is 23.1. The van der Waals surface area contributed by atoms with Crippen LogP contribution in [-0.2, 0) is 5.41 Å². The largest absolute Gasteiger partial charge is 0.398 e. The Kier molecular flexibility index (Phi) is 10.3. The SMILES string of the molecule is CCCCCCCCC1(CCCCCCCC)c2ccccc2-c2ccc(N)c(-c3cccc(Br)c3)c21. The average molecular weight is 561 g/mol. The molecule has 0 radical (unpaired) electrons. The van der Waals surface area contributed by atoms with Crippen molar-refractivity contribution in [2.24, 2.45) is 0 Å². The maximum Gasteiger partial charge on any atom is 0.0397 e. The van der Waals surface area contributed by atoms with Crippen LogP contribution in [0.4, 0.5) is 5.69 Å². The number of benzene rings is 3. The normalized spacial score (nSPS) is 13.5. The molecule has 0 aliphatic heterocycles. The molecule has 3 aromatic rings. The molecule has 0 fully saturated rings. The van der Waals surface area contributed by atoms with Gasteiger partial charge in [0.2, 0.25) is 0 Å². The van der Waals surface area contributed by atoms with Gasteiger partial charge in [-0.15, -0.1) is 0 Å². The Balaban J connectivity index is 1.76. The Bertz CT molecular complexity index is 1130. The van der Waals surface area contributed by atoms with Gasteiger partial charge in [0.1, 0.15) is 0 Å². The van der Waals surface area contributed by atoms with Crippen LogP contribution in [-0.4, -0.2) is 0 Å². The lowest BCUT2D eigenvalue weighted by Crippen LogP contribution is -2.26. The van der Waals surface area contributed by atoms with Crippen molar-refractivity contribution in [2.45, 2.75) is 109 Å². The van der Waals surface area contributed by atoms with Crippen LogP contribution in [0.3, 0.4) is 0 Å². The highest BCUT2D eigenvalue weighted by atomic mass is 79.9. The summed E-state index contributed by atoms with van der Waals surface area (Å²) in [4.78, 5) is 0. The van der Waals surface area contributed by atoms with E-state index in [1.807, 2.05) is 0 Å². The first-order valence-electron chi connectivity index (χ1n) is 14.9. The van der Waals surface area contributed by atoms with Crippen LogP contribution < -0.4 is 5.73 Å². The second-order valence-electron chi connectivity index (χ2n) is 11.1. The van der Waals surface area contributed by atoms with Crippen molar-refractivity contribution in [2.75, 3.05) is 5.73 Å². The number of hydrogen-bond donors (Lipinski definition) is 1. The number of hydrogen-bond acceptors (Lipinski definition) is 1. The van der Waals surface area contributed by atoms with Crippen molar-refractivity contribution >= 4 is 21.6 Å². The first-order chi connectivity index (χ1) is 18.1. The molecule has 0 saturated carbocycles. The van der Waals surface area contributed by atoms with Crippen LogP contribution >= 0.6 is 15.9 Å². The maximum atomic E-state index is 6.84. The number of halogens is 1. The lowest BCUT2D eigenvalue weighted by atomic mass is 9.68. The number of nitrogens with two attached hydrogens (primary N) is 1. The van der Waals surface area contributed by atoms with Gasteiger partial charge in [-0.25, -0.2) is 0 Å². The van der Waals surface area contributed by atoms with Gasteiger partial charge < -0.3 is 5.73 Å². The molecule has 1 nitrogen and oxygen atoms in total. The molecule has 1 aliphatic rings. The van der Waals surface area contributed by atoms with Crippen LogP contribution in [0.5, 0.6) is 0 Å². The summed E-state index contributed by atoms with van der Waals surface area (Å²) in [6.07, 6.45) is 18.4. The molecule has 37 heavy (non-hydrogen) atoms. The highest BCUT2D eigenvalue weighted by Crippen LogP contribution is 2.58. The fourth-order valence-electron chi connectivity index (χ4n) is 6.62. The van der Waals surface area contributed by atoms with E-state index in [0.717, 1.165) is 10.2 Å². The second kappa shape index (κ2) is 13.7. The van der Waals surface area contributed by atoms with E-state index in [4.69, 9.17) is 5.73 Å². The van der Waals surface area contributed by atoms with Crippen molar-refractivity contribution in [3.05, 3.63) is 76.3 Å². The number of nitrogen functional groups attached to an aromatic ring is 1. The maximum absolute atomic E-state index is 6.84. The van der Waals surface area contributed by atoms with E-state index in [1.165, 1.54) is 123 Å². The van der Waals surface area contributed by atoms with Gasteiger partial charge in [-0.05, 0) is 58.9 Å². The summed E-state index contributed by atoms with van der Waals surface area (Å²) in [7, 11) is 0.